The van der Waals surface area contributed by atoms with Gasteiger partial charge in [-0.3, -0.25) is 14.2 Å². The van der Waals surface area contributed by atoms with E-state index < -0.39 is 5.91 Å². The molecule has 0 aliphatic heterocycles. The predicted octanol–water partition coefficient (Wildman–Crippen LogP) is 3.43. The average Bonchev–Trinajstić information content (AvgIpc) is 3.16. The zero-order valence-electron chi connectivity index (χ0n) is 17.0. The molecular weight excluding hydrogens is 414 g/mol. The largest absolute Gasteiger partial charge is 0.483 e. The number of para-hydroxylation sites is 1. The van der Waals surface area contributed by atoms with Crippen molar-refractivity contribution < 1.29 is 14.3 Å². The van der Waals surface area contributed by atoms with Crippen molar-refractivity contribution in [3.8, 4) is 5.75 Å². The Morgan fingerprint density at radius 3 is 2.55 bits per heavy atom. The number of primary amides is 1. The summed E-state index contributed by atoms with van der Waals surface area (Å²) < 4.78 is 7.83. The summed E-state index contributed by atoms with van der Waals surface area (Å²) in [7, 11) is 0. The van der Waals surface area contributed by atoms with Crippen molar-refractivity contribution in [3.63, 3.8) is 0 Å². The normalized spacial score (nSPS) is 11.5. The molecule has 1 heterocycles. The van der Waals surface area contributed by atoms with Gasteiger partial charge in [0.05, 0.1) is 5.75 Å². The number of thioether (sulfide) groups is 1. The summed E-state index contributed by atoms with van der Waals surface area (Å²) in [5, 5.41) is 11.9. The number of nitrogens with one attached hydrogen (secondary N) is 1. The standard InChI is InChI=1S/C22H23N5O3S/c1-3-13-27-21(15(2)30-18-7-5-4-6-8-18)25-26-22(27)31-14-19(28)24-17-11-9-16(10-12-17)20(23)29/h3-12,15H,1,13-14H2,2H3,(H2,23,29)(H,24,28)/t15-/m0/s1. The quantitative estimate of drug-likeness (QED) is 0.371. The number of carbonyl (C=O) groups excluding carboxylic acids is 2. The average molecular weight is 438 g/mol. The van der Waals surface area contributed by atoms with Gasteiger partial charge in [0.1, 0.15) is 5.75 Å². The predicted molar refractivity (Wildman–Crippen MR) is 120 cm³/mol. The van der Waals surface area contributed by atoms with E-state index in [4.69, 9.17) is 10.5 Å². The van der Waals surface area contributed by atoms with Crippen LogP contribution in [0.2, 0.25) is 0 Å². The molecule has 2 amide bonds. The summed E-state index contributed by atoms with van der Waals surface area (Å²) in [5.41, 5.74) is 6.18. The van der Waals surface area contributed by atoms with E-state index in [9.17, 15) is 9.59 Å². The first-order valence-electron chi connectivity index (χ1n) is 9.56. The van der Waals surface area contributed by atoms with Gasteiger partial charge in [-0.25, -0.2) is 0 Å². The van der Waals surface area contributed by atoms with E-state index in [0.29, 0.717) is 28.8 Å². The molecule has 0 spiro atoms. The second-order valence-corrected chi connectivity index (χ2v) is 7.53. The second kappa shape index (κ2) is 10.4. The molecule has 1 aromatic heterocycles. The third kappa shape index (κ3) is 5.95. The number of benzene rings is 2. The minimum atomic E-state index is -0.517. The first-order chi connectivity index (χ1) is 15.0. The number of hydrogen-bond donors (Lipinski definition) is 2. The monoisotopic (exact) mass is 437 g/mol. The molecule has 160 valence electrons. The highest BCUT2D eigenvalue weighted by atomic mass is 32.2. The van der Waals surface area contributed by atoms with Gasteiger partial charge in [0, 0.05) is 17.8 Å². The number of aromatic nitrogens is 3. The van der Waals surface area contributed by atoms with E-state index >= 15 is 0 Å². The van der Waals surface area contributed by atoms with Crippen LogP contribution in [-0.2, 0) is 11.3 Å². The molecule has 9 heteroatoms. The third-order valence-corrected chi connectivity index (χ3v) is 5.23. The van der Waals surface area contributed by atoms with Gasteiger partial charge in [-0.2, -0.15) is 0 Å². The minimum absolute atomic E-state index is 0.140. The van der Waals surface area contributed by atoms with Gasteiger partial charge in [0.25, 0.3) is 0 Å². The number of carbonyl (C=O) groups is 2. The van der Waals surface area contributed by atoms with Crippen LogP contribution in [-0.4, -0.2) is 32.3 Å². The first kappa shape index (κ1) is 22.1. The number of allylic oxidation sites excluding steroid dienone is 1. The molecule has 0 bridgehead atoms. The molecule has 2 aromatic carbocycles. The summed E-state index contributed by atoms with van der Waals surface area (Å²) in [5.74, 6) is 0.796. The Labute approximate surface area is 184 Å². The van der Waals surface area contributed by atoms with Crippen LogP contribution in [0.1, 0.15) is 29.2 Å². The molecule has 31 heavy (non-hydrogen) atoms. The Balaban J connectivity index is 1.63. The maximum atomic E-state index is 12.3. The summed E-state index contributed by atoms with van der Waals surface area (Å²) in [6, 6.07) is 15.9. The molecule has 0 fully saturated rings. The van der Waals surface area contributed by atoms with E-state index in [1.165, 1.54) is 11.8 Å². The van der Waals surface area contributed by atoms with Crippen molar-refractivity contribution in [2.75, 3.05) is 11.1 Å². The number of hydrogen-bond acceptors (Lipinski definition) is 6. The van der Waals surface area contributed by atoms with Gasteiger partial charge in [-0.1, -0.05) is 36.0 Å². The molecule has 8 nitrogen and oxygen atoms in total. The molecular formula is C22H23N5O3S. The first-order valence-corrected chi connectivity index (χ1v) is 10.5. The third-order valence-electron chi connectivity index (χ3n) is 4.26. The van der Waals surface area contributed by atoms with Crippen molar-refractivity contribution in [1.82, 2.24) is 14.8 Å². The maximum absolute atomic E-state index is 12.3. The molecule has 0 unspecified atom stereocenters. The molecule has 0 aliphatic carbocycles. The fourth-order valence-corrected chi connectivity index (χ4v) is 3.56. The Bertz CT molecular complexity index is 1050. The van der Waals surface area contributed by atoms with E-state index in [1.54, 1.807) is 30.3 Å². The molecule has 3 rings (SSSR count). The number of nitrogens with two attached hydrogens (primary N) is 1. The van der Waals surface area contributed by atoms with E-state index in [-0.39, 0.29) is 17.8 Å². The number of anilines is 1. The Hall–Kier alpha value is -3.59. The van der Waals surface area contributed by atoms with Gasteiger partial charge in [0.2, 0.25) is 11.8 Å². The van der Waals surface area contributed by atoms with Crippen LogP contribution in [0.4, 0.5) is 5.69 Å². The summed E-state index contributed by atoms with van der Waals surface area (Å²) in [6.07, 6.45) is 1.41. The van der Waals surface area contributed by atoms with Gasteiger partial charge in [-0.15, -0.1) is 16.8 Å². The lowest BCUT2D eigenvalue weighted by Crippen LogP contribution is -2.16. The van der Waals surface area contributed by atoms with Crippen LogP contribution in [0, 0.1) is 0 Å². The van der Waals surface area contributed by atoms with Gasteiger partial charge in [-0.05, 0) is 43.3 Å². The lowest BCUT2D eigenvalue weighted by atomic mass is 10.2. The lowest BCUT2D eigenvalue weighted by Gasteiger charge is -2.15. The molecule has 3 N–H and O–H groups in total. The van der Waals surface area contributed by atoms with Gasteiger partial charge >= 0.3 is 0 Å². The lowest BCUT2D eigenvalue weighted by molar-refractivity contribution is -0.113. The maximum Gasteiger partial charge on any atom is 0.248 e. The van der Waals surface area contributed by atoms with E-state index in [0.717, 1.165) is 5.75 Å². The highest BCUT2D eigenvalue weighted by Gasteiger charge is 2.19. The summed E-state index contributed by atoms with van der Waals surface area (Å²) in [4.78, 5) is 23.5. The fraction of sp³-hybridized carbons (Fsp3) is 0.182. The Kier molecular flexibility index (Phi) is 7.45. The molecule has 0 saturated carbocycles. The van der Waals surface area contributed by atoms with Gasteiger partial charge < -0.3 is 15.8 Å². The van der Waals surface area contributed by atoms with Crippen molar-refractivity contribution in [3.05, 3.63) is 78.6 Å². The van der Waals surface area contributed by atoms with Crippen molar-refractivity contribution >= 4 is 29.3 Å². The SMILES string of the molecule is C=CCn1c(SCC(=O)Nc2ccc(C(N)=O)cc2)nnc1[C@H](C)Oc1ccccc1. The highest BCUT2D eigenvalue weighted by Crippen LogP contribution is 2.24. The van der Waals surface area contributed by atoms with Gasteiger partial charge in [0.15, 0.2) is 17.1 Å². The number of rotatable bonds is 10. The molecule has 1 atom stereocenters. The zero-order chi connectivity index (χ0) is 22.2. The van der Waals surface area contributed by atoms with E-state index in [2.05, 4.69) is 22.1 Å². The van der Waals surface area contributed by atoms with Crippen LogP contribution < -0.4 is 15.8 Å². The van der Waals surface area contributed by atoms with Crippen molar-refractivity contribution in [1.29, 1.82) is 0 Å². The topological polar surface area (TPSA) is 112 Å². The smallest absolute Gasteiger partial charge is 0.248 e. The summed E-state index contributed by atoms with van der Waals surface area (Å²) in [6.45, 7) is 6.18. The zero-order valence-corrected chi connectivity index (χ0v) is 17.8. The number of ether oxygens (including phenoxy) is 1. The van der Waals surface area contributed by atoms with Crippen LogP contribution in [0.25, 0.3) is 0 Å². The molecule has 0 saturated heterocycles. The Morgan fingerprint density at radius 1 is 1.19 bits per heavy atom. The van der Waals surface area contributed by atoms with Crippen molar-refractivity contribution in [2.24, 2.45) is 5.73 Å². The number of nitrogens with zero attached hydrogens (tertiary/aromatic N) is 3. The molecule has 0 radical (unpaired) electrons. The number of amides is 2. The van der Waals surface area contributed by atoms with E-state index in [1.807, 2.05) is 41.8 Å². The summed E-state index contributed by atoms with van der Waals surface area (Å²) >= 11 is 1.27. The van der Waals surface area contributed by atoms with Crippen molar-refractivity contribution in [2.45, 2.75) is 24.7 Å². The fourth-order valence-electron chi connectivity index (χ4n) is 2.81. The van der Waals surface area contributed by atoms with Crippen LogP contribution in [0.15, 0.2) is 72.4 Å². The van der Waals surface area contributed by atoms with Crippen LogP contribution in [0.5, 0.6) is 5.75 Å². The highest BCUT2D eigenvalue weighted by molar-refractivity contribution is 7.99. The Morgan fingerprint density at radius 2 is 1.90 bits per heavy atom. The minimum Gasteiger partial charge on any atom is -0.483 e. The second-order valence-electron chi connectivity index (χ2n) is 6.59. The molecule has 0 aliphatic rings. The molecule has 3 aromatic rings. The van der Waals surface area contributed by atoms with Crippen LogP contribution >= 0.6 is 11.8 Å². The van der Waals surface area contributed by atoms with Crippen LogP contribution in [0.3, 0.4) is 0 Å².